The number of hydrogen-bond donors (Lipinski definition) is 3. The average molecular weight is 961 g/mol. The van der Waals surface area contributed by atoms with E-state index in [0.717, 1.165) is 51.4 Å². The van der Waals surface area contributed by atoms with E-state index in [-0.39, 0.29) is 18.5 Å². The quantitative estimate of drug-likeness (QED) is 0.0321. The second-order valence-electron chi connectivity index (χ2n) is 21.4. The zero-order valence-corrected chi connectivity index (χ0v) is 46.1. The van der Waals surface area contributed by atoms with Gasteiger partial charge in [0.15, 0.2) is 0 Å². The molecule has 0 saturated heterocycles. The molecule has 3 N–H and O–H groups in total. The van der Waals surface area contributed by atoms with Gasteiger partial charge in [0.2, 0.25) is 5.91 Å². The molecule has 0 heterocycles. The fourth-order valence-corrected chi connectivity index (χ4v) is 9.81. The first-order valence-corrected chi connectivity index (χ1v) is 30.9. The lowest BCUT2D eigenvalue weighted by molar-refractivity contribution is -0.143. The standard InChI is InChI=1S/C62H121NO5/c1-3-5-7-9-11-13-15-17-19-21-23-25-27-30-34-38-42-46-50-54-60(65)59(58-64)63-61(66)55-51-47-43-39-35-31-29-33-37-41-45-49-53-57-68-62(67)56-52-48-44-40-36-32-28-26-24-22-20-18-16-14-12-10-8-6-4-2/h18,20,59-60,64-65H,3-17,19,21-58H2,1-2H3,(H,63,66)/b20-18-. The van der Waals surface area contributed by atoms with Gasteiger partial charge in [-0.05, 0) is 51.4 Å². The summed E-state index contributed by atoms with van der Waals surface area (Å²) in [5.41, 5.74) is 0. The monoisotopic (exact) mass is 960 g/mol. The molecule has 6 nitrogen and oxygen atoms in total. The molecule has 0 rings (SSSR count). The third-order valence-corrected chi connectivity index (χ3v) is 14.6. The molecule has 0 aromatic heterocycles. The first-order chi connectivity index (χ1) is 33.5. The van der Waals surface area contributed by atoms with Gasteiger partial charge in [0.25, 0.3) is 0 Å². The Balaban J connectivity index is 3.42. The molecule has 2 atom stereocenters. The lowest BCUT2D eigenvalue weighted by atomic mass is 10.0. The molecule has 0 bridgehead atoms. The molecule has 0 saturated carbocycles. The van der Waals surface area contributed by atoms with Crippen molar-refractivity contribution in [3.63, 3.8) is 0 Å². The first-order valence-electron chi connectivity index (χ1n) is 30.9. The van der Waals surface area contributed by atoms with E-state index in [1.54, 1.807) is 0 Å². The Kier molecular flexibility index (Phi) is 57.0. The van der Waals surface area contributed by atoms with Crippen molar-refractivity contribution in [2.75, 3.05) is 13.2 Å². The van der Waals surface area contributed by atoms with Crippen LogP contribution >= 0.6 is 0 Å². The minimum atomic E-state index is -0.673. The van der Waals surface area contributed by atoms with Gasteiger partial charge in [0.05, 0.1) is 25.4 Å². The average Bonchev–Trinajstić information content (AvgIpc) is 3.34. The van der Waals surface area contributed by atoms with E-state index in [9.17, 15) is 19.8 Å². The number of carbonyl (C=O) groups is 2. The summed E-state index contributed by atoms with van der Waals surface area (Å²) in [6, 6.07) is -0.551. The SMILES string of the molecule is CCCCCCCC/C=C\CCCCCCCCCCCC(=O)OCCCCCCCCCCCCCCCC(=O)NC(CO)C(O)CCCCCCCCCCCCCCCCCCCCC. The van der Waals surface area contributed by atoms with E-state index in [0.29, 0.717) is 25.9 Å². The third-order valence-electron chi connectivity index (χ3n) is 14.6. The maximum absolute atomic E-state index is 12.5. The van der Waals surface area contributed by atoms with Crippen molar-refractivity contribution >= 4 is 11.9 Å². The Morgan fingerprint density at radius 2 is 0.691 bits per heavy atom. The molecule has 68 heavy (non-hydrogen) atoms. The van der Waals surface area contributed by atoms with Crippen molar-refractivity contribution in [3.05, 3.63) is 12.2 Å². The van der Waals surface area contributed by atoms with Gasteiger partial charge in [-0.2, -0.15) is 0 Å². The Morgan fingerprint density at radius 1 is 0.397 bits per heavy atom. The molecule has 0 aromatic carbocycles. The topological polar surface area (TPSA) is 95.9 Å². The smallest absolute Gasteiger partial charge is 0.305 e. The van der Waals surface area contributed by atoms with Gasteiger partial charge in [-0.3, -0.25) is 9.59 Å². The first kappa shape index (κ1) is 66.6. The number of nitrogens with one attached hydrogen (secondary N) is 1. The van der Waals surface area contributed by atoms with E-state index in [1.165, 1.54) is 263 Å². The predicted molar refractivity (Wildman–Crippen MR) is 297 cm³/mol. The molecular formula is C62H121NO5. The van der Waals surface area contributed by atoms with Crippen molar-refractivity contribution in [1.29, 1.82) is 0 Å². The number of hydrogen-bond acceptors (Lipinski definition) is 5. The van der Waals surface area contributed by atoms with Gasteiger partial charge in [-0.15, -0.1) is 0 Å². The molecule has 2 unspecified atom stereocenters. The number of esters is 1. The van der Waals surface area contributed by atoms with E-state index in [4.69, 9.17) is 4.74 Å². The number of carbonyl (C=O) groups excluding carboxylic acids is 2. The summed E-state index contributed by atoms with van der Waals surface area (Å²) in [5, 5.41) is 23.3. The van der Waals surface area contributed by atoms with E-state index >= 15 is 0 Å². The lowest BCUT2D eigenvalue weighted by Crippen LogP contribution is -2.45. The summed E-state index contributed by atoms with van der Waals surface area (Å²) in [4.78, 5) is 24.6. The van der Waals surface area contributed by atoms with Gasteiger partial charge in [-0.1, -0.05) is 296 Å². The van der Waals surface area contributed by atoms with Crippen LogP contribution in [-0.4, -0.2) is 47.4 Å². The summed E-state index contributed by atoms with van der Waals surface area (Å²) in [7, 11) is 0. The normalized spacial score (nSPS) is 12.6. The number of rotatable bonds is 58. The third kappa shape index (κ3) is 53.9. The molecule has 0 spiro atoms. The predicted octanol–water partition coefficient (Wildman–Crippen LogP) is 19.2. The van der Waals surface area contributed by atoms with Crippen LogP contribution in [0.25, 0.3) is 0 Å². The molecule has 0 radical (unpaired) electrons. The van der Waals surface area contributed by atoms with Crippen LogP contribution in [0.15, 0.2) is 12.2 Å². The van der Waals surface area contributed by atoms with Gasteiger partial charge in [0.1, 0.15) is 0 Å². The molecule has 404 valence electrons. The fraction of sp³-hybridized carbons (Fsp3) is 0.935. The van der Waals surface area contributed by atoms with Crippen molar-refractivity contribution < 1.29 is 24.5 Å². The van der Waals surface area contributed by atoms with Crippen molar-refractivity contribution in [3.8, 4) is 0 Å². The van der Waals surface area contributed by atoms with Crippen LogP contribution in [0.3, 0.4) is 0 Å². The second kappa shape index (κ2) is 58.2. The fourth-order valence-electron chi connectivity index (χ4n) is 9.81. The highest BCUT2D eigenvalue weighted by atomic mass is 16.5. The maximum Gasteiger partial charge on any atom is 0.305 e. The summed E-state index contributed by atoms with van der Waals surface area (Å²) >= 11 is 0. The largest absolute Gasteiger partial charge is 0.466 e. The van der Waals surface area contributed by atoms with Crippen molar-refractivity contribution in [1.82, 2.24) is 5.32 Å². The zero-order valence-electron chi connectivity index (χ0n) is 46.1. The Labute approximate surface area is 425 Å². The van der Waals surface area contributed by atoms with Crippen LogP contribution < -0.4 is 5.32 Å². The van der Waals surface area contributed by atoms with Crippen LogP contribution in [0.4, 0.5) is 0 Å². The van der Waals surface area contributed by atoms with E-state index in [1.807, 2.05) is 0 Å². The van der Waals surface area contributed by atoms with Crippen LogP contribution in [-0.2, 0) is 14.3 Å². The lowest BCUT2D eigenvalue weighted by Gasteiger charge is -2.22. The minimum Gasteiger partial charge on any atom is -0.466 e. The summed E-state index contributed by atoms with van der Waals surface area (Å²) in [5.74, 6) is -0.0488. The Bertz CT molecular complexity index is 1020. The van der Waals surface area contributed by atoms with E-state index < -0.39 is 12.1 Å². The summed E-state index contributed by atoms with van der Waals surface area (Å²) in [6.45, 7) is 4.95. The molecule has 1 amide bonds. The van der Waals surface area contributed by atoms with E-state index in [2.05, 4.69) is 31.3 Å². The molecule has 0 aliphatic carbocycles. The number of aliphatic hydroxyl groups excluding tert-OH is 2. The zero-order chi connectivity index (χ0) is 49.3. The number of aliphatic hydroxyl groups is 2. The van der Waals surface area contributed by atoms with Crippen molar-refractivity contribution in [2.24, 2.45) is 0 Å². The molecular weight excluding hydrogens is 839 g/mol. The highest BCUT2D eigenvalue weighted by Gasteiger charge is 2.20. The molecule has 6 heteroatoms. The Morgan fingerprint density at radius 3 is 1.04 bits per heavy atom. The van der Waals surface area contributed by atoms with Gasteiger partial charge in [-0.25, -0.2) is 0 Å². The summed E-state index contributed by atoms with van der Waals surface area (Å²) in [6.07, 6.45) is 69.2. The highest BCUT2D eigenvalue weighted by Crippen LogP contribution is 2.18. The second-order valence-corrected chi connectivity index (χ2v) is 21.4. The Hall–Kier alpha value is -1.40. The minimum absolute atomic E-state index is 0.00463. The van der Waals surface area contributed by atoms with Crippen LogP contribution in [0.5, 0.6) is 0 Å². The van der Waals surface area contributed by atoms with Gasteiger partial charge in [0, 0.05) is 12.8 Å². The van der Waals surface area contributed by atoms with Crippen molar-refractivity contribution in [2.45, 2.75) is 360 Å². The summed E-state index contributed by atoms with van der Waals surface area (Å²) < 4.78 is 5.49. The van der Waals surface area contributed by atoms with Gasteiger partial charge >= 0.3 is 5.97 Å². The number of ether oxygens (including phenoxy) is 1. The maximum atomic E-state index is 12.5. The molecule has 0 fully saturated rings. The van der Waals surface area contributed by atoms with Gasteiger partial charge < -0.3 is 20.3 Å². The number of amides is 1. The molecule has 0 aliphatic heterocycles. The number of unbranched alkanes of at least 4 members (excludes halogenated alkanes) is 45. The number of allylic oxidation sites excluding steroid dienone is 2. The highest BCUT2D eigenvalue weighted by molar-refractivity contribution is 5.76. The van der Waals surface area contributed by atoms with Crippen LogP contribution in [0.1, 0.15) is 348 Å². The molecule has 0 aliphatic rings. The van der Waals surface area contributed by atoms with Crippen LogP contribution in [0, 0.1) is 0 Å². The molecule has 0 aromatic rings. The van der Waals surface area contributed by atoms with Crippen LogP contribution in [0.2, 0.25) is 0 Å².